The Labute approximate surface area is 158 Å². The molecule has 152 valence electrons. The molecule has 7 nitrogen and oxygen atoms in total. The highest BCUT2D eigenvalue weighted by molar-refractivity contribution is 5.94. The van der Waals surface area contributed by atoms with Crippen LogP contribution in [0.1, 0.15) is 25.8 Å². The number of hydrogen-bond donors (Lipinski definition) is 3. The van der Waals surface area contributed by atoms with Gasteiger partial charge in [0.15, 0.2) is 18.0 Å². The summed E-state index contributed by atoms with van der Waals surface area (Å²) in [6.45, 7) is 2.18. The number of ether oxygens (including phenoxy) is 2. The van der Waals surface area contributed by atoms with Crippen LogP contribution in [0, 0.1) is 5.92 Å². The quantitative estimate of drug-likeness (QED) is 0.562. The molecule has 9 heteroatoms. The van der Waals surface area contributed by atoms with Crippen molar-refractivity contribution in [2.24, 2.45) is 5.92 Å². The number of halogens is 2. The van der Waals surface area contributed by atoms with Gasteiger partial charge >= 0.3 is 12.6 Å². The molecule has 0 spiro atoms. The van der Waals surface area contributed by atoms with Crippen molar-refractivity contribution in [3.63, 3.8) is 0 Å². The second-order valence-electron chi connectivity index (χ2n) is 6.66. The van der Waals surface area contributed by atoms with Crippen molar-refractivity contribution < 1.29 is 32.7 Å². The van der Waals surface area contributed by atoms with Gasteiger partial charge in [-0.05, 0) is 30.5 Å². The number of methoxy groups -OCH3 is 1. The monoisotopic (exact) mass is 388 g/mol. The van der Waals surface area contributed by atoms with Gasteiger partial charge < -0.3 is 19.7 Å². The molecular formula is C18H28F2N3O4+. The van der Waals surface area contributed by atoms with Crippen molar-refractivity contribution in [3.05, 3.63) is 23.8 Å². The van der Waals surface area contributed by atoms with E-state index >= 15 is 0 Å². The summed E-state index contributed by atoms with van der Waals surface area (Å²) in [5, 5.41) is 4.92. The van der Waals surface area contributed by atoms with Crippen LogP contribution in [0.5, 0.6) is 11.5 Å². The van der Waals surface area contributed by atoms with Crippen LogP contribution in [0.15, 0.2) is 18.2 Å². The molecule has 0 radical (unpaired) electrons. The van der Waals surface area contributed by atoms with E-state index in [1.54, 1.807) is 19.2 Å². The van der Waals surface area contributed by atoms with E-state index in [1.165, 1.54) is 13.2 Å². The third-order valence-electron chi connectivity index (χ3n) is 3.67. The number of benzene rings is 1. The molecule has 3 amide bonds. The molecule has 1 aromatic rings. The molecule has 1 atom stereocenters. The molecule has 0 aliphatic carbocycles. The highest BCUT2D eigenvalue weighted by Crippen LogP contribution is 2.29. The van der Waals surface area contributed by atoms with E-state index in [1.807, 2.05) is 13.8 Å². The predicted molar refractivity (Wildman–Crippen MR) is 96.1 cm³/mol. The highest BCUT2D eigenvalue weighted by Gasteiger charge is 2.16. The van der Waals surface area contributed by atoms with Crippen molar-refractivity contribution in [1.29, 1.82) is 0 Å². The standard InChI is InChI=1S/C18H27F2N3O4/c1-12(2)7-8-21-18(25)22-16(24)11-23(3)10-13-5-6-14(27-17(19)20)15(9-13)26-4/h5-6,9,12,17H,7-8,10-11H2,1-4H3,(H2,21,22,24,25)/p+1. The zero-order valence-electron chi connectivity index (χ0n) is 16.1. The van der Waals surface area contributed by atoms with Crippen LogP contribution in [-0.2, 0) is 11.3 Å². The van der Waals surface area contributed by atoms with Crippen LogP contribution in [0.25, 0.3) is 0 Å². The van der Waals surface area contributed by atoms with Crippen molar-refractivity contribution in [2.45, 2.75) is 33.4 Å². The Bertz CT molecular complexity index is 627. The van der Waals surface area contributed by atoms with Crippen LogP contribution >= 0.6 is 0 Å². The summed E-state index contributed by atoms with van der Waals surface area (Å²) in [4.78, 5) is 24.4. The van der Waals surface area contributed by atoms with E-state index in [4.69, 9.17) is 4.74 Å². The van der Waals surface area contributed by atoms with Gasteiger partial charge in [-0.25, -0.2) is 4.79 Å². The molecule has 1 unspecified atom stereocenters. The minimum absolute atomic E-state index is 0.0512. The minimum atomic E-state index is -2.94. The lowest BCUT2D eigenvalue weighted by Gasteiger charge is -2.15. The highest BCUT2D eigenvalue weighted by atomic mass is 19.3. The normalized spacial score (nSPS) is 12.0. The van der Waals surface area contributed by atoms with Gasteiger partial charge in [-0.3, -0.25) is 10.1 Å². The summed E-state index contributed by atoms with van der Waals surface area (Å²) in [6.07, 6.45) is 0.833. The summed E-state index contributed by atoms with van der Waals surface area (Å²) in [5.74, 6) is 0.199. The van der Waals surface area contributed by atoms with E-state index in [9.17, 15) is 18.4 Å². The molecule has 3 N–H and O–H groups in total. The Kier molecular flexibility index (Phi) is 9.49. The lowest BCUT2D eigenvalue weighted by Crippen LogP contribution is -3.09. The van der Waals surface area contributed by atoms with Crippen LogP contribution < -0.4 is 25.0 Å². The molecule has 0 heterocycles. The first-order valence-electron chi connectivity index (χ1n) is 8.72. The van der Waals surface area contributed by atoms with Gasteiger partial charge in [0.05, 0.1) is 14.2 Å². The Balaban J connectivity index is 2.50. The smallest absolute Gasteiger partial charge is 0.387 e. The van der Waals surface area contributed by atoms with Crippen molar-refractivity contribution in [3.8, 4) is 11.5 Å². The number of carbonyl (C=O) groups excluding carboxylic acids is 2. The fourth-order valence-electron chi connectivity index (χ4n) is 2.39. The third-order valence-corrected chi connectivity index (χ3v) is 3.67. The fourth-order valence-corrected chi connectivity index (χ4v) is 2.39. The van der Waals surface area contributed by atoms with Crippen LogP contribution in [0.2, 0.25) is 0 Å². The largest absolute Gasteiger partial charge is 0.493 e. The number of alkyl halides is 2. The van der Waals surface area contributed by atoms with Crippen molar-refractivity contribution in [1.82, 2.24) is 10.6 Å². The molecule has 0 aliphatic rings. The lowest BCUT2D eigenvalue weighted by atomic mass is 10.1. The van der Waals surface area contributed by atoms with Crippen LogP contribution in [0.4, 0.5) is 13.6 Å². The lowest BCUT2D eigenvalue weighted by molar-refractivity contribution is -0.885. The van der Waals surface area contributed by atoms with Gasteiger partial charge in [0.2, 0.25) is 0 Å². The van der Waals surface area contributed by atoms with Gasteiger partial charge in [-0.15, -0.1) is 0 Å². The number of nitrogens with one attached hydrogen (secondary N) is 3. The molecule has 1 rings (SSSR count). The van der Waals surface area contributed by atoms with Gasteiger partial charge in [-0.2, -0.15) is 8.78 Å². The van der Waals surface area contributed by atoms with Gasteiger partial charge in [-0.1, -0.05) is 13.8 Å². The summed E-state index contributed by atoms with van der Waals surface area (Å²) >= 11 is 0. The fraction of sp³-hybridized carbons (Fsp3) is 0.556. The topological polar surface area (TPSA) is 81.1 Å². The molecule has 27 heavy (non-hydrogen) atoms. The Morgan fingerprint density at radius 2 is 1.93 bits per heavy atom. The third kappa shape index (κ3) is 9.18. The van der Waals surface area contributed by atoms with E-state index in [0.717, 1.165) is 16.9 Å². The van der Waals surface area contributed by atoms with E-state index in [-0.39, 0.29) is 18.0 Å². The number of amides is 3. The maximum Gasteiger partial charge on any atom is 0.387 e. The molecule has 0 fully saturated rings. The summed E-state index contributed by atoms with van der Waals surface area (Å²) < 4.78 is 34.1. The van der Waals surface area contributed by atoms with E-state index < -0.39 is 18.5 Å². The number of quaternary nitrogens is 1. The molecular weight excluding hydrogens is 360 g/mol. The average molecular weight is 388 g/mol. The zero-order chi connectivity index (χ0) is 20.4. The number of rotatable bonds is 10. The van der Waals surface area contributed by atoms with Crippen molar-refractivity contribution in [2.75, 3.05) is 27.2 Å². The summed E-state index contributed by atoms with van der Waals surface area (Å²) in [7, 11) is 3.14. The van der Waals surface area contributed by atoms with E-state index in [2.05, 4.69) is 15.4 Å². The summed E-state index contributed by atoms with van der Waals surface area (Å²) in [6, 6.07) is 4.09. The van der Waals surface area contributed by atoms with Gasteiger partial charge in [0.1, 0.15) is 6.54 Å². The molecule has 0 aliphatic heterocycles. The minimum Gasteiger partial charge on any atom is -0.493 e. The average Bonchev–Trinajstić information content (AvgIpc) is 2.54. The van der Waals surface area contributed by atoms with E-state index in [0.29, 0.717) is 19.0 Å². The Hall–Kier alpha value is -2.42. The number of likely N-dealkylation sites (N-methyl/N-ethyl adjacent to an activating group) is 1. The number of carbonyl (C=O) groups is 2. The first-order chi connectivity index (χ1) is 12.7. The SMILES string of the molecule is COc1cc(C[NH+](C)CC(=O)NC(=O)NCCC(C)C)ccc1OC(F)F. The molecule has 0 bridgehead atoms. The Morgan fingerprint density at radius 3 is 2.52 bits per heavy atom. The molecule has 0 saturated heterocycles. The number of hydrogen-bond acceptors (Lipinski definition) is 4. The van der Waals surface area contributed by atoms with Gasteiger partial charge in [0.25, 0.3) is 5.91 Å². The van der Waals surface area contributed by atoms with Crippen LogP contribution in [-0.4, -0.2) is 45.8 Å². The summed E-state index contributed by atoms with van der Waals surface area (Å²) in [5.41, 5.74) is 0.778. The second-order valence-corrected chi connectivity index (χ2v) is 6.66. The Morgan fingerprint density at radius 1 is 1.22 bits per heavy atom. The molecule has 0 aromatic heterocycles. The number of imide groups is 1. The zero-order valence-corrected chi connectivity index (χ0v) is 16.1. The maximum atomic E-state index is 12.4. The predicted octanol–water partition coefficient (Wildman–Crippen LogP) is 1.18. The van der Waals surface area contributed by atoms with Crippen molar-refractivity contribution >= 4 is 11.9 Å². The number of urea groups is 1. The molecule has 0 saturated carbocycles. The van der Waals surface area contributed by atoms with Gasteiger partial charge in [0, 0.05) is 12.1 Å². The second kappa shape index (κ2) is 11.3. The maximum absolute atomic E-state index is 12.4. The van der Waals surface area contributed by atoms with Crippen LogP contribution in [0.3, 0.4) is 0 Å². The molecule has 1 aromatic carbocycles. The first kappa shape index (κ1) is 22.6. The first-order valence-corrected chi connectivity index (χ1v) is 8.72.